The van der Waals surface area contributed by atoms with Crippen molar-refractivity contribution in [3.8, 4) is 0 Å². The van der Waals surface area contributed by atoms with E-state index in [1.807, 2.05) is 6.92 Å². The van der Waals surface area contributed by atoms with Crippen molar-refractivity contribution in [2.45, 2.75) is 13.0 Å². The minimum Gasteiger partial charge on any atom is -0.372 e. The van der Waals surface area contributed by atoms with E-state index in [-0.39, 0.29) is 17.8 Å². The molecule has 1 atom stereocenters. The van der Waals surface area contributed by atoms with Gasteiger partial charge in [-0.05, 0) is 36.8 Å². The average Bonchev–Trinajstić information content (AvgIpc) is 2.47. The first-order valence-corrected chi connectivity index (χ1v) is 6.31. The SMILES string of the molecule is CNc1ncccc1C(=O)NC(C)c1ccc(F)cc1. The first-order valence-electron chi connectivity index (χ1n) is 6.31. The summed E-state index contributed by atoms with van der Waals surface area (Å²) < 4.78 is 12.9. The standard InChI is InChI=1S/C15H16FN3O/c1-10(11-5-7-12(16)8-6-11)19-15(20)13-4-3-9-18-14(13)17-2/h3-10H,1-2H3,(H,17,18)(H,19,20). The summed E-state index contributed by atoms with van der Waals surface area (Å²) in [4.78, 5) is 16.3. The van der Waals surface area contributed by atoms with E-state index >= 15 is 0 Å². The fourth-order valence-corrected chi connectivity index (χ4v) is 1.90. The Bertz CT molecular complexity index is 598. The van der Waals surface area contributed by atoms with Crippen molar-refractivity contribution in [3.05, 3.63) is 59.5 Å². The van der Waals surface area contributed by atoms with Crippen LogP contribution in [0.15, 0.2) is 42.6 Å². The number of carbonyl (C=O) groups is 1. The molecule has 0 saturated heterocycles. The molecule has 2 N–H and O–H groups in total. The van der Waals surface area contributed by atoms with E-state index in [9.17, 15) is 9.18 Å². The molecule has 1 unspecified atom stereocenters. The molecule has 0 aliphatic carbocycles. The fraction of sp³-hybridized carbons (Fsp3) is 0.200. The van der Waals surface area contributed by atoms with Crippen LogP contribution in [-0.4, -0.2) is 17.9 Å². The zero-order valence-corrected chi connectivity index (χ0v) is 11.4. The van der Waals surface area contributed by atoms with Crippen LogP contribution in [0.2, 0.25) is 0 Å². The summed E-state index contributed by atoms with van der Waals surface area (Å²) in [7, 11) is 1.71. The van der Waals surface area contributed by atoms with Crippen molar-refractivity contribution in [2.24, 2.45) is 0 Å². The topological polar surface area (TPSA) is 54.0 Å². The van der Waals surface area contributed by atoms with Crippen LogP contribution in [0.1, 0.15) is 28.9 Å². The number of amides is 1. The molecule has 0 fully saturated rings. The molecule has 104 valence electrons. The van der Waals surface area contributed by atoms with Gasteiger partial charge in [0.25, 0.3) is 5.91 Å². The molecule has 4 nitrogen and oxygen atoms in total. The van der Waals surface area contributed by atoms with Crippen molar-refractivity contribution in [2.75, 3.05) is 12.4 Å². The van der Waals surface area contributed by atoms with E-state index in [0.717, 1.165) is 5.56 Å². The highest BCUT2D eigenvalue weighted by atomic mass is 19.1. The number of nitrogens with zero attached hydrogens (tertiary/aromatic N) is 1. The summed E-state index contributed by atoms with van der Waals surface area (Å²) in [5.41, 5.74) is 1.32. The fourth-order valence-electron chi connectivity index (χ4n) is 1.90. The Labute approximate surface area is 117 Å². The molecule has 1 aromatic heterocycles. The molecule has 0 bridgehead atoms. The first kappa shape index (κ1) is 14.0. The zero-order valence-electron chi connectivity index (χ0n) is 11.4. The van der Waals surface area contributed by atoms with Gasteiger partial charge < -0.3 is 10.6 Å². The quantitative estimate of drug-likeness (QED) is 0.900. The summed E-state index contributed by atoms with van der Waals surface area (Å²) in [6.45, 7) is 1.85. The predicted molar refractivity (Wildman–Crippen MR) is 76.1 cm³/mol. The van der Waals surface area contributed by atoms with Gasteiger partial charge in [0, 0.05) is 13.2 Å². The Balaban J connectivity index is 2.13. The monoisotopic (exact) mass is 273 g/mol. The van der Waals surface area contributed by atoms with Crippen molar-refractivity contribution in [1.82, 2.24) is 10.3 Å². The Morgan fingerprint density at radius 2 is 1.95 bits per heavy atom. The van der Waals surface area contributed by atoms with Crippen LogP contribution < -0.4 is 10.6 Å². The number of hydrogen-bond acceptors (Lipinski definition) is 3. The first-order chi connectivity index (χ1) is 9.61. The van der Waals surface area contributed by atoms with Crippen LogP contribution in [0.4, 0.5) is 10.2 Å². The highest BCUT2D eigenvalue weighted by molar-refractivity contribution is 5.98. The molecule has 0 aliphatic heterocycles. The van der Waals surface area contributed by atoms with Gasteiger partial charge in [-0.2, -0.15) is 0 Å². The molecule has 0 aliphatic rings. The number of nitrogens with one attached hydrogen (secondary N) is 2. The maximum Gasteiger partial charge on any atom is 0.255 e. The molecule has 2 aromatic rings. The van der Waals surface area contributed by atoms with Gasteiger partial charge in [0.2, 0.25) is 0 Å². The minimum atomic E-state index is -0.294. The molecular weight excluding hydrogens is 257 g/mol. The van der Waals surface area contributed by atoms with Gasteiger partial charge in [0.1, 0.15) is 11.6 Å². The maximum absolute atomic E-state index is 12.9. The number of anilines is 1. The maximum atomic E-state index is 12.9. The smallest absolute Gasteiger partial charge is 0.255 e. The lowest BCUT2D eigenvalue weighted by molar-refractivity contribution is 0.0940. The van der Waals surface area contributed by atoms with Crippen molar-refractivity contribution in [1.29, 1.82) is 0 Å². The van der Waals surface area contributed by atoms with Gasteiger partial charge in [-0.1, -0.05) is 12.1 Å². The van der Waals surface area contributed by atoms with Crippen LogP contribution in [0.3, 0.4) is 0 Å². The Kier molecular flexibility index (Phi) is 4.30. The third-order valence-electron chi connectivity index (χ3n) is 3.01. The highest BCUT2D eigenvalue weighted by Crippen LogP contribution is 2.16. The lowest BCUT2D eigenvalue weighted by Gasteiger charge is -2.15. The van der Waals surface area contributed by atoms with Crippen molar-refractivity contribution in [3.63, 3.8) is 0 Å². The zero-order chi connectivity index (χ0) is 14.5. The number of rotatable bonds is 4. The molecular formula is C15H16FN3O. The molecule has 5 heteroatoms. The van der Waals surface area contributed by atoms with E-state index in [1.165, 1.54) is 12.1 Å². The summed E-state index contributed by atoms with van der Waals surface area (Å²) in [6, 6.07) is 9.25. The van der Waals surface area contributed by atoms with Crippen LogP contribution in [0, 0.1) is 5.82 Å². The van der Waals surface area contributed by atoms with E-state index in [1.54, 1.807) is 37.5 Å². The van der Waals surface area contributed by atoms with Crippen LogP contribution in [0.5, 0.6) is 0 Å². The number of halogens is 1. The highest BCUT2D eigenvalue weighted by Gasteiger charge is 2.14. The average molecular weight is 273 g/mol. The second kappa shape index (κ2) is 6.14. The number of carbonyl (C=O) groups excluding carboxylic acids is 1. The third kappa shape index (κ3) is 3.12. The number of aromatic nitrogens is 1. The summed E-state index contributed by atoms with van der Waals surface area (Å²) in [6.07, 6.45) is 1.62. The number of pyridine rings is 1. The Morgan fingerprint density at radius 1 is 1.25 bits per heavy atom. The normalized spacial score (nSPS) is 11.8. The minimum absolute atomic E-state index is 0.215. The van der Waals surface area contributed by atoms with Crippen LogP contribution in [-0.2, 0) is 0 Å². The molecule has 20 heavy (non-hydrogen) atoms. The molecule has 1 amide bonds. The third-order valence-corrected chi connectivity index (χ3v) is 3.01. The predicted octanol–water partition coefficient (Wildman–Crippen LogP) is 2.75. The van der Waals surface area contributed by atoms with E-state index in [0.29, 0.717) is 11.4 Å². The lowest BCUT2D eigenvalue weighted by Crippen LogP contribution is -2.27. The molecule has 2 rings (SSSR count). The van der Waals surface area contributed by atoms with Gasteiger partial charge >= 0.3 is 0 Å². The van der Waals surface area contributed by atoms with Crippen LogP contribution in [0.25, 0.3) is 0 Å². The molecule has 1 aromatic carbocycles. The Morgan fingerprint density at radius 3 is 2.60 bits per heavy atom. The van der Waals surface area contributed by atoms with E-state index in [2.05, 4.69) is 15.6 Å². The van der Waals surface area contributed by atoms with Crippen molar-refractivity contribution < 1.29 is 9.18 Å². The largest absolute Gasteiger partial charge is 0.372 e. The summed E-state index contributed by atoms with van der Waals surface area (Å²) in [5.74, 6) is 0.00702. The van der Waals surface area contributed by atoms with E-state index < -0.39 is 0 Å². The second-order valence-electron chi connectivity index (χ2n) is 4.40. The molecule has 1 heterocycles. The molecule has 0 radical (unpaired) electrons. The second-order valence-corrected chi connectivity index (χ2v) is 4.40. The molecule has 0 saturated carbocycles. The molecule has 0 spiro atoms. The Hall–Kier alpha value is -2.43. The number of hydrogen-bond donors (Lipinski definition) is 2. The summed E-state index contributed by atoms with van der Waals surface area (Å²) >= 11 is 0. The van der Waals surface area contributed by atoms with Crippen molar-refractivity contribution >= 4 is 11.7 Å². The van der Waals surface area contributed by atoms with Gasteiger partial charge in [-0.15, -0.1) is 0 Å². The van der Waals surface area contributed by atoms with Gasteiger partial charge in [-0.25, -0.2) is 9.37 Å². The lowest BCUT2D eigenvalue weighted by atomic mass is 10.1. The summed E-state index contributed by atoms with van der Waals surface area (Å²) in [5, 5.41) is 5.74. The number of benzene rings is 1. The van der Waals surface area contributed by atoms with Crippen LogP contribution >= 0.6 is 0 Å². The van der Waals surface area contributed by atoms with Gasteiger partial charge in [0.15, 0.2) is 0 Å². The van der Waals surface area contributed by atoms with E-state index in [4.69, 9.17) is 0 Å². The van der Waals surface area contributed by atoms with Gasteiger partial charge in [-0.3, -0.25) is 4.79 Å². The van der Waals surface area contributed by atoms with Gasteiger partial charge in [0.05, 0.1) is 11.6 Å².